The predicted octanol–water partition coefficient (Wildman–Crippen LogP) is 5.10. The summed E-state index contributed by atoms with van der Waals surface area (Å²) in [6, 6.07) is 33.1. The van der Waals surface area contributed by atoms with Gasteiger partial charge in [-0.3, -0.25) is 0 Å². The van der Waals surface area contributed by atoms with Gasteiger partial charge in [-0.25, -0.2) is 4.99 Å². The molecule has 1 heterocycles. The highest BCUT2D eigenvalue weighted by Gasteiger charge is 2.34. The number of rotatable bonds is 5. The van der Waals surface area contributed by atoms with Gasteiger partial charge in [-0.2, -0.15) is 0 Å². The van der Waals surface area contributed by atoms with Crippen LogP contribution in [0, 0.1) is 5.92 Å². The van der Waals surface area contributed by atoms with E-state index in [0.29, 0.717) is 12.5 Å². The Hall–Kier alpha value is -3.09. The number of hydrogen-bond donors (Lipinski definition) is 0. The lowest BCUT2D eigenvalue weighted by atomic mass is 10.1. The summed E-state index contributed by atoms with van der Waals surface area (Å²) < 4.78 is 6.18. The van der Waals surface area contributed by atoms with Crippen LogP contribution in [0.1, 0.15) is 13.8 Å². The van der Waals surface area contributed by atoms with E-state index in [1.807, 2.05) is 0 Å². The summed E-state index contributed by atoms with van der Waals surface area (Å²) in [5.41, 5.74) is 1.12. The van der Waals surface area contributed by atoms with Crippen LogP contribution in [0.4, 0.5) is 0 Å². The summed E-state index contributed by atoms with van der Waals surface area (Å²) >= 11 is 0. The molecule has 3 aromatic carbocycles. The number of ether oxygens (including phenoxy) is 1. The predicted molar refractivity (Wildman–Crippen MR) is 139 cm³/mol. The van der Waals surface area contributed by atoms with Crippen LogP contribution in [-0.4, -0.2) is 23.8 Å². The Labute approximate surface area is 191 Å². The van der Waals surface area contributed by atoms with Crippen LogP contribution >= 0.6 is 6.89 Å². The van der Waals surface area contributed by atoms with Crippen molar-refractivity contribution in [2.75, 3.05) is 6.61 Å². The van der Waals surface area contributed by atoms with Gasteiger partial charge in [0.25, 0.3) is 0 Å². The lowest BCUT2D eigenvalue weighted by Crippen LogP contribution is -2.31. The molecule has 32 heavy (non-hydrogen) atoms. The quantitative estimate of drug-likeness (QED) is 0.509. The molecule has 3 aromatic rings. The maximum absolute atomic E-state index is 6.18. The van der Waals surface area contributed by atoms with Crippen molar-refractivity contribution in [2.45, 2.75) is 19.9 Å². The molecule has 2 nitrogen and oxygen atoms in total. The van der Waals surface area contributed by atoms with Crippen LogP contribution in [0.3, 0.4) is 0 Å². The molecule has 2 aliphatic rings. The second-order valence-corrected chi connectivity index (χ2v) is 11.9. The van der Waals surface area contributed by atoms with Gasteiger partial charge in [0.05, 0.1) is 6.04 Å². The lowest BCUT2D eigenvalue weighted by Gasteiger charge is -2.32. The first-order valence-corrected chi connectivity index (χ1v) is 13.0. The molecule has 0 radical (unpaired) electrons. The molecule has 5 rings (SSSR count). The van der Waals surface area contributed by atoms with Crippen LogP contribution in [0.5, 0.6) is 0 Å². The van der Waals surface area contributed by atoms with Gasteiger partial charge in [0.15, 0.2) is 0 Å². The first-order chi connectivity index (χ1) is 15.7. The van der Waals surface area contributed by atoms with E-state index >= 15 is 0 Å². The Kier molecular flexibility index (Phi) is 5.72. The van der Waals surface area contributed by atoms with E-state index in [2.05, 4.69) is 123 Å². The minimum Gasteiger partial charge on any atom is -0.475 e. The first-order valence-electron chi connectivity index (χ1n) is 11.2. The average Bonchev–Trinajstić information content (AvgIpc) is 3.52. The Bertz CT molecular complexity index is 1130. The third-order valence-electron chi connectivity index (χ3n) is 6.26. The summed E-state index contributed by atoms with van der Waals surface area (Å²) in [5.74, 6) is 1.25. The van der Waals surface area contributed by atoms with Crippen LogP contribution in [0.15, 0.2) is 120 Å². The molecule has 0 spiro atoms. The molecule has 3 heteroatoms. The van der Waals surface area contributed by atoms with Crippen molar-refractivity contribution in [3.8, 4) is 0 Å². The van der Waals surface area contributed by atoms with Crippen molar-refractivity contribution >= 4 is 34.0 Å². The molecule has 0 fully saturated rings. The lowest BCUT2D eigenvalue weighted by molar-refractivity contribution is 0.292. The summed E-state index contributed by atoms with van der Waals surface area (Å²) in [4.78, 5) is 5.00. The number of aliphatic imine (C=N–C) groups is 1. The van der Waals surface area contributed by atoms with Crippen molar-refractivity contribution in [1.29, 1.82) is 0 Å². The molecular weight excluding hydrogens is 409 g/mol. The molecule has 0 saturated heterocycles. The van der Waals surface area contributed by atoms with Crippen molar-refractivity contribution in [3.05, 3.63) is 115 Å². The van der Waals surface area contributed by atoms with Gasteiger partial charge in [-0.05, 0) is 40.1 Å². The van der Waals surface area contributed by atoms with Gasteiger partial charge in [0.2, 0.25) is 5.90 Å². The summed E-state index contributed by atoms with van der Waals surface area (Å²) in [6.45, 7) is 2.93. The van der Waals surface area contributed by atoms with E-state index in [1.54, 1.807) is 0 Å². The fraction of sp³-hybridized carbons (Fsp3) is 0.172. The van der Waals surface area contributed by atoms with Crippen LogP contribution in [-0.2, 0) is 4.74 Å². The molecule has 0 aromatic heterocycles. The van der Waals surface area contributed by atoms with Gasteiger partial charge in [-0.15, -0.1) is 0 Å². The molecular formula is C29H28NOP. The zero-order valence-corrected chi connectivity index (χ0v) is 19.5. The highest BCUT2D eigenvalue weighted by Crippen LogP contribution is 2.49. The third kappa shape index (κ3) is 3.49. The highest BCUT2D eigenvalue weighted by molar-refractivity contribution is 7.96. The zero-order valence-electron chi connectivity index (χ0n) is 18.6. The van der Waals surface area contributed by atoms with E-state index in [1.165, 1.54) is 21.2 Å². The standard InChI is InChI=1S/C29H28NOP/c1-22(2)27-21-31-29(30-27)26-19-12-20-28(26)32(23-13-6-3-7-14-23,24-15-8-4-9-16-24)25-17-10-5-11-18-25/h3-20,22,27H,21H2,1-2H3/t27-/m0/s1. The largest absolute Gasteiger partial charge is 0.475 e. The van der Waals surface area contributed by atoms with Gasteiger partial charge in [0.1, 0.15) is 6.61 Å². The van der Waals surface area contributed by atoms with Crippen molar-refractivity contribution < 1.29 is 4.74 Å². The van der Waals surface area contributed by atoms with E-state index in [4.69, 9.17) is 9.73 Å². The van der Waals surface area contributed by atoms with Gasteiger partial charge < -0.3 is 4.74 Å². The zero-order chi connectivity index (χ0) is 22.0. The molecule has 0 amide bonds. The van der Waals surface area contributed by atoms with Crippen LogP contribution < -0.4 is 15.9 Å². The normalized spacial score (nSPS) is 18.0. The fourth-order valence-electron chi connectivity index (χ4n) is 4.58. The Balaban J connectivity index is 1.87. The monoisotopic (exact) mass is 437 g/mol. The summed E-state index contributed by atoms with van der Waals surface area (Å²) in [5, 5.41) is 5.32. The molecule has 0 unspecified atom stereocenters. The van der Waals surface area contributed by atoms with Gasteiger partial charge >= 0.3 is 0 Å². The minimum atomic E-state index is -2.15. The van der Waals surface area contributed by atoms with E-state index in [0.717, 1.165) is 11.5 Å². The second kappa shape index (κ2) is 8.81. The second-order valence-electron chi connectivity index (χ2n) is 8.56. The van der Waals surface area contributed by atoms with Gasteiger partial charge in [-0.1, -0.05) is 117 Å². The molecule has 1 aliphatic heterocycles. The van der Waals surface area contributed by atoms with E-state index in [9.17, 15) is 0 Å². The Morgan fingerprint density at radius 3 is 1.72 bits per heavy atom. The van der Waals surface area contributed by atoms with E-state index < -0.39 is 6.89 Å². The fourth-order valence-corrected chi connectivity index (χ4v) is 9.01. The molecule has 0 saturated carbocycles. The molecule has 0 bridgehead atoms. The van der Waals surface area contributed by atoms with Crippen molar-refractivity contribution in [2.24, 2.45) is 10.9 Å². The third-order valence-corrected chi connectivity index (χ3v) is 10.6. The van der Waals surface area contributed by atoms with Crippen LogP contribution in [0.2, 0.25) is 0 Å². The highest BCUT2D eigenvalue weighted by atomic mass is 31.2. The van der Waals surface area contributed by atoms with Crippen molar-refractivity contribution in [3.63, 3.8) is 0 Å². The Morgan fingerprint density at radius 1 is 0.781 bits per heavy atom. The number of hydrogen-bond acceptors (Lipinski definition) is 2. The molecule has 160 valence electrons. The minimum absolute atomic E-state index is 0.214. The summed E-state index contributed by atoms with van der Waals surface area (Å²) in [6.07, 6.45) is 6.62. The topological polar surface area (TPSA) is 21.6 Å². The number of nitrogens with zero attached hydrogens (tertiary/aromatic N) is 1. The van der Waals surface area contributed by atoms with Gasteiger partial charge in [0, 0.05) is 5.57 Å². The van der Waals surface area contributed by atoms with E-state index in [-0.39, 0.29) is 6.04 Å². The smallest absolute Gasteiger partial charge is 0.217 e. The molecule has 1 atom stereocenters. The summed E-state index contributed by atoms with van der Waals surface area (Å²) in [7, 11) is 0. The maximum Gasteiger partial charge on any atom is 0.217 e. The SMILES string of the molecule is CC(C)[C@@H]1COC(C2=CC=CC2=P(c2ccccc2)(c2ccccc2)c2ccccc2)=N1. The first kappa shape index (κ1) is 20.8. The maximum atomic E-state index is 6.18. The van der Waals surface area contributed by atoms with Crippen molar-refractivity contribution in [1.82, 2.24) is 0 Å². The number of allylic oxidation sites excluding steroid dienone is 3. The van der Waals surface area contributed by atoms with Crippen LogP contribution in [0.25, 0.3) is 0 Å². The Morgan fingerprint density at radius 2 is 1.28 bits per heavy atom. The molecule has 1 aliphatic carbocycles. The molecule has 0 N–H and O–H groups in total. The average molecular weight is 438 g/mol. The number of benzene rings is 3.